The third kappa shape index (κ3) is 4.62. The Morgan fingerprint density at radius 1 is 0.604 bits per heavy atom. The fourth-order valence-corrected chi connectivity index (χ4v) is 10.7. The van der Waals surface area contributed by atoms with Gasteiger partial charge in [-0.15, -0.1) is 11.3 Å². The lowest BCUT2D eigenvalue weighted by molar-refractivity contribution is 0.654. The topological polar surface area (TPSA) is 3.24 Å². The Morgan fingerprint density at radius 3 is 2.13 bits per heavy atom. The predicted molar refractivity (Wildman–Crippen MR) is 231 cm³/mol. The minimum Gasteiger partial charge on any atom is -0.337 e. The monoisotopic (exact) mass is 699 g/mol. The molecule has 1 nitrogen and oxygen atoms in total. The second-order valence-electron chi connectivity index (χ2n) is 15.7. The fraction of sp³-hybridized carbons (Fsp3) is 0.137. The van der Waals surface area contributed by atoms with E-state index in [0.717, 1.165) is 0 Å². The summed E-state index contributed by atoms with van der Waals surface area (Å²) in [7, 11) is 0. The van der Waals surface area contributed by atoms with Crippen molar-refractivity contribution >= 4 is 70.0 Å². The van der Waals surface area contributed by atoms with Gasteiger partial charge in [0.1, 0.15) is 0 Å². The number of thiophene rings is 1. The van der Waals surface area contributed by atoms with E-state index in [1.807, 2.05) is 11.3 Å². The largest absolute Gasteiger partial charge is 0.337 e. The van der Waals surface area contributed by atoms with Gasteiger partial charge in [0.05, 0.1) is 0 Å². The Bertz CT molecular complexity index is 2890. The molecule has 0 spiro atoms. The first-order chi connectivity index (χ1) is 25.8. The van der Waals surface area contributed by atoms with Gasteiger partial charge in [0.2, 0.25) is 0 Å². The first kappa shape index (κ1) is 32.0. The number of fused-ring (bicyclic) bond motifs is 11. The normalized spacial score (nSPS) is 15.5. The number of rotatable bonds is 6. The van der Waals surface area contributed by atoms with Gasteiger partial charge in [-0.1, -0.05) is 162 Å². The Morgan fingerprint density at radius 2 is 1.30 bits per heavy atom. The standard InChI is InChI=1S/C51H41NS/c1-6-34-42(50(2,3)44-28-27-41-40-21-12-14-24-47(40)53-49(41)48(34)44)23-15-29-52(46-30-32-16-7-8-17-35(32)36-18-9-10-20-39(36)46)33-25-26-38-37-19-11-13-22-43(37)51(4,5)45(38)31-33/h6-28,30-31H,1,29H2,2-5H3/b23-15-. The molecule has 256 valence electrons. The minimum absolute atomic E-state index is 0.0872. The number of benzene rings is 7. The van der Waals surface area contributed by atoms with Crippen LogP contribution in [-0.4, -0.2) is 6.54 Å². The Labute approximate surface area is 315 Å². The van der Waals surface area contributed by atoms with Crippen molar-refractivity contribution < 1.29 is 0 Å². The molecule has 0 aliphatic heterocycles. The molecule has 1 aromatic heterocycles. The van der Waals surface area contributed by atoms with Crippen LogP contribution >= 0.6 is 11.3 Å². The van der Waals surface area contributed by atoms with E-state index in [1.54, 1.807) is 0 Å². The van der Waals surface area contributed by atoms with Crippen molar-refractivity contribution in [1.29, 1.82) is 0 Å². The summed E-state index contributed by atoms with van der Waals surface area (Å²) in [5.41, 5.74) is 12.9. The maximum Gasteiger partial charge on any atom is 0.0499 e. The second-order valence-corrected chi connectivity index (χ2v) is 16.7. The zero-order chi connectivity index (χ0) is 36.1. The van der Waals surface area contributed by atoms with Gasteiger partial charge in [-0.05, 0) is 79.4 Å². The van der Waals surface area contributed by atoms with Crippen LogP contribution in [0.4, 0.5) is 11.4 Å². The Balaban J connectivity index is 1.14. The summed E-state index contributed by atoms with van der Waals surface area (Å²) in [5.74, 6) is 0. The zero-order valence-corrected chi connectivity index (χ0v) is 31.5. The molecule has 0 saturated carbocycles. The third-order valence-corrected chi connectivity index (χ3v) is 13.3. The number of nitrogens with zero attached hydrogens (tertiary/aromatic N) is 1. The molecule has 0 unspecified atom stereocenters. The highest BCUT2D eigenvalue weighted by Gasteiger charge is 2.38. The van der Waals surface area contributed by atoms with Crippen LogP contribution in [0.15, 0.2) is 164 Å². The highest BCUT2D eigenvalue weighted by Crippen LogP contribution is 2.53. The SMILES string of the molecule is C=CC1=C(/C=C\CN(c2ccc3c(c2)C(C)(C)c2ccccc2-3)c2cc3ccccc3c3ccccc23)C(C)(C)c2ccc3c(sc4ccccc43)c21. The number of allylic oxidation sites excluding steroid dienone is 4. The maximum absolute atomic E-state index is 4.39. The van der Waals surface area contributed by atoms with E-state index in [0.29, 0.717) is 6.54 Å². The quantitative estimate of drug-likeness (QED) is 0.156. The minimum atomic E-state index is -0.163. The highest BCUT2D eigenvalue weighted by molar-refractivity contribution is 7.26. The van der Waals surface area contributed by atoms with Crippen molar-refractivity contribution in [2.75, 3.05) is 11.4 Å². The third-order valence-electron chi connectivity index (χ3n) is 12.1. The zero-order valence-electron chi connectivity index (χ0n) is 30.7. The van der Waals surface area contributed by atoms with E-state index in [9.17, 15) is 0 Å². The smallest absolute Gasteiger partial charge is 0.0499 e. The van der Waals surface area contributed by atoms with Gasteiger partial charge < -0.3 is 4.90 Å². The molecule has 10 rings (SSSR count). The van der Waals surface area contributed by atoms with Gasteiger partial charge in [-0.2, -0.15) is 0 Å². The van der Waals surface area contributed by atoms with E-state index in [-0.39, 0.29) is 10.8 Å². The first-order valence-corrected chi connectivity index (χ1v) is 19.5. The molecule has 0 atom stereocenters. The van der Waals surface area contributed by atoms with Crippen molar-refractivity contribution in [3.63, 3.8) is 0 Å². The molecule has 0 fully saturated rings. The molecule has 7 aromatic carbocycles. The summed E-state index contributed by atoms with van der Waals surface area (Å²) in [4.78, 5) is 2.53. The molecule has 2 aliphatic carbocycles. The molecule has 2 heteroatoms. The molecule has 2 aliphatic rings. The van der Waals surface area contributed by atoms with E-state index in [4.69, 9.17) is 0 Å². The first-order valence-electron chi connectivity index (χ1n) is 18.7. The summed E-state index contributed by atoms with van der Waals surface area (Å²) in [6.07, 6.45) is 6.86. The highest BCUT2D eigenvalue weighted by atomic mass is 32.1. The van der Waals surface area contributed by atoms with Gasteiger partial charge in [-0.25, -0.2) is 0 Å². The summed E-state index contributed by atoms with van der Waals surface area (Å²) in [6, 6.07) is 49.6. The summed E-state index contributed by atoms with van der Waals surface area (Å²) < 4.78 is 2.70. The van der Waals surface area contributed by atoms with Gasteiger partial charge in [-0.3, -0.25) is 0 Å². The lowest BCUT2D eigenvalue weighted by Crippen LogP contribution is -2.20. The van der Waals surface area contributed by atoms with E-state index >= 15 is 0 Å². The molecule has 0 amide bonds. The van der Waals surface area contributed by atoms with Crippen molar-refractivity contribution in [3.05, 3.63) is 186 Å². The average molecular weight is 700 g/mol. The lowest BCUT2D eigenvalue weighted by Gasteiger charge is -2.29. The number of anilines is 2. The van der Waals surface area contributed by atoms with E-state index in [2.05, 4.69) is 191 Å². The van der Waals surface area contributed by atoms with Crippen LogP contribution in [0.3, 0.4) is 0 Å². The molecular formula is C51H41NS. The van der Waals surface area contributed by atoms with Crippen LogP contribution in [0.1, 0.15) is 49.9 Å². The molecule has 0 bridgehead atoms. The second kappa shape index (κ2) is 11.7. The molecule has 0 radical (unpaired) electrons. The van der Waals surface area contributed by atoms with Crippen molar-refractivity contribution in [3.8, 4) is 11.1 Å². The van der Waals surface area contributed by atoms with Crippen molar-refractivity contribution in [2.45, 2.75) is 38.5 Å². The van der Waals surface area contributed by atoms with E-state index < -0.39 is 0 Å². The number of hydrogen-bond acceptors (Lipinski definition) is 2. The summed E-state index contributed by atoms with van der Waals surface area (Å²) in [5, 5.41) is 7.74. The Hall–Kier alpha value is -5.70. The van der Waals surface area contributed by atoms with Gasteiger partial charge in [0.25, 0.3) is 0 Å². The predicted octanol–water partition coefficient (Wildman–Crippen LogP) is 14.3. The number of hydrogen-bond donors (Lipinski definition) is 0. The molecular weight excluding hydrogens is 659 g/mol. The lowest BCUT2D eigenvalue weighted by atomic mass is 9.81. The van der Waals surface area contributed by atoms with Gasteiger partial charge in [0, 0.05) is 59.9 Å². The summed E-state index contributed by atoms with van der Waals surface area (Å²) >= 11 is 1.90. The molecule has 53 heavy (non-hydrogen) atoms. The maximum atomic E-state index is 4.39. The van der Waals surface area contributed by atoms with Crippen LogP contribution in [0, 0.1) is 0 Å². The fourth-order valence-electron chi connectivity index (χ4n) is 9.44. The molecule has 8 aromatic rings. The van der Waals surface area contributed by atoms with Crippen molar-refractivity contribution in [2.24, 2.45) is 0 Å². The van der Waals surface area contributed by atoms with Crippen LogP contribution < -0.4 is 4.90 Å². The summed E-state index contributed by atoms with van der Waals surface area (Å²) in [6.45, 7) is 14.6. The van der Waals surface area contributed by atoms with Crippen LogP contribution in [0.5, 0.6) is 0 Å². The van der Waals surface area contributed by atoms with E-state index in [1.165, 1.54) is 97.6 Å². The van der Waals surface area contributed by atoms with Gasteiger partial charge >= 0.3 is 0 Å². The molecule has 0 N–H and O–H groups in total. The average Bonchev–Trinajstić information content (AvgIpc) is 3.75. The van der Waals surface area contributed by atoms with Crippen LogP contribution in [0.2, 0.25) is 0 Å². The van der Waals surface area contributed by atoms with Crippen LogP contribution in [0.25, 0.3) is 58.4 Å². The molecule has 0 saturated heterocycles. The molecule has 1 heterocycles. The van der Waals surface area contributed by atoms with Crippen molar-refractivity contribution in [1.82, 2.24) is 0 Å². The van der Waals surface area contributed by atoms with Gasteiger partial charge in [0.15, 0.2) is 0 Å². The Kier molecular flexibility index (Phi) is 7.03. The van der Waals surface area contributed by atoms with Crippen LogP contribution in [-0.2, 0) is 10.8 Å².